The summed E-state index contributed by atoms with van der Waals surface area (Å²) >= 11 is 0. The van der Waals surface area contributed by atoms with Crippen LogP contribution < -0.4 is 10.5 Å². The summed E-state index contributed by atoms with van der Waals surface area (Å²) in [6, 6.07) is 3.24. The van der Waals surface area contributed by atoms with Gasteiger partial charge in [0.05, 0.1) is 13.2 Å². The standard InChI is InChI=1S/C13H20N2O4S/c1-15(5-7-18-2)20(16,17)12-9-11(14)8-10-4-3-6-19-13(10)12/h8-9H,3-7,14H2,1-2H3. The topological polar surface area (TPSA) is 81.9 Å². The van der Waals surface area contributed by atoms with E-state index in [1.165, 1.54) is 24.5 Å². The van der Waals surface area contributed by atoms with Crippen molar-refractivity contribution < 1.29 is 17.9 Å². The van der Waals surface area contributed by atoms with Crippen LogP contribution in [0.2, 0.25) is 0 Å². The Bertz CT molecular complexity index is 586. The lowest BCUT2D eigenvalue weighted by Gasteiger charge is -2.24. The molecule has 1 aliphatic rings. The van der Waals surface area contributed by atoms with Gasteiger partial charge in [0.1, 0.15) is 10.6 Å². The van der Waals surface area contributed by atoms with Crippen molar-refractivity contribution in [3.05, 3.63) is 17.7 Å². The van der Waals surface area contributed by atoms with Crippen molar-refractivity contribution in [1.29, 1.82) is 0 Å². The lowest BCUT2D eigenvalue weighted by Crippen LogP contribution is -2.31. The Hall–Kier alpha value is -1.31. The average Bonchev–Trinajstić information content (AvgIpc) is 2.43. The van der Waals surface area contributed by atoms with E-state index >= 15 is 0 Å². The highest BCUT2D eigenvalue weighted by Crippen LogP contribution is 2.35. The van der Waals surface area contributed by atoms with Crippen LogP contribution in [0.15, 0.2) is 17.0 Å². The molecule has 0 saturated heterocycles. The molecule has 2 N–H and O–H groups in total. The monoisotopic (exact) mass is 300 g/mol. The molecular formula is C13H20N2O4S. The van der Waals surface area contributed by atoms with E-state index in [1.807, 2.05) is 0 Å². The zero-order chi connectivity index (χ0) is 14.8. The number of likely N-dealkylation sites (N-methyl/N-ethyl adjacent to an activating group) is 1. The van der Waals surface area contributed by atoms with Crippen LogP contribution in [0.25, 0.3) is 0 Å². The van der Waals surface area contributed by atoms with Gasteiger partial charge in [-0.3, -0.25) is 0 Å². The highest BCUT2D eigenvalue weighted by atomic mass is 32.2. The van der Waals surface area contributed by atoms with Crippen molar-refractivity contribution in [3.63, 3.8) is 0 Å². The van der Waals surface area contributed by atoms with E-state index < -0.39 is 10.0 Å². The van der Waals surface area contributed by atoms with Crippen LogP contribution in [0.5, 0.6) is 5.75 Å². The molecule has 0 atom stereocenters. The van der Waals surface area contributed by atoms with Crippen LogP contribution in [-0.2, 0) is 21.2 Å². The van der Waals surface area contributed by atoms with Crippen LogP contribution in [-0.4, -0.2) is 46.6 Å². The molecule has 0 aromatic heterocycles. The SMILES string of the molecule is COCCN(C)S(=O)(=O)c1cc(N)cc2c1OCCC2. The van der Waals surface area contributed by atoms with Crippen LogP contribution in [0.1, 0.15) is 12.0 Å². The molecule has 0 saturated carbocycles. The Morgan fingerprint density at radius 1 is 1.45 bits per heavy atom. The van der Waals surface area contributed by atoms with E-state index in [4.69, 9.17) is 15.2 Å². The zero-order valence-corrected chi connectivity index (χ0v) is 12.6. The number of anilines is 1. The Kier molecular flexibility index (Phi) is 4.52. The molecule has 0 fully saturated rings. The first kappa shape index (κ1) is 15.1. The van der Waals surface area contributed by atoms with Crippen molar-refractivity contribution in [2.75, 3.05) is 39.6 Å². The number of fused-ring (bicyclic) bond motifs is 1. The van der Waals surface area contributed by atoms with Gasteiger partial charge in [0, 0.05) is 26.4 Å². The smallest absolute Gasteiger partial charge is 0.246 e. The summed E-state index contributed by atoms with van der Waals surface area (Å²) in [5.41, 5.74) is 7.11. The number of nitrogen functional groups attached to an aromatic ring is 1. The van der Waals surface area contributed by atoms with E-state index in [-0.39, 0.29) is 11.4 Å². The normalized spacial score (nSPS) is 14.9. The highest BCUT2D eigenvalue weighted by molar-refractivity contribution is 7.89. The van der Waals surface area contributed by atoms with Gasteiger partial charge in [0.25, 0.3) is 0 Å². The van der Waals surface area contributed by atoms with Gasteiger partial charge in [-0.2, -0.15) is 4.31 Å². The second-order valence-corrected chi connectivity index (χ2v) is 6.79. The number of nitrogens with zero attached hydrogens (tertiary/aromatic N) is 1. The summed E-state index contributed by atoms with van der Waals surface area (Å²) in [6.07, 6.45) is 1.65. The van der Waals surface area contributed by atoms with E-state index in [2.05, 4.69) is 0 Å². The van der Waals surface area contributed by atoms with E-state index in [0.29, 0.717) is 24.7 Å². The molecule has 0 radical (unpaired) electrons. The molecule has 112 valence electrons. The Labute approximate surface area is 119 Å². The van der Waals surface area contributed by atoms with Gasteiger partial charge >= 0.3 is 0 Å². The Morgan fingerprint density at radius 3 is 2.90 bits per heavy atom. The molecule has 1 aromatic carbocycles. The van der Waals surface area contributed by atoms with Gasteiger partial charge < -0.3 is 15.2 Å². The van der Waals surface area contributed by atoms with E-state index in [0.717, 1.165) is 18.4 Å². The van der Waals surface area contributed by atoms with Crippen LogP contribution in [0.4, 0.5) is 5.69 Å². The van der Waals surface area contributed by atoms with Gasteiger partial charge in [-0.15, -0.1) is 0 Å². The quantitative estimate of drug-likeness (QED) is 0.816. The summed E-state index contributed by atoms with van der Waals surface area (Å²) in [5.74, 6) is 0.440. The Balaban J connectivity index is 2.43. The first-order valence-corrected chi connectivity index (χ1v) is 7.91. The fourth-order valence-electron chi connectivity index (χ4n) is 2.17. The number of aryl methyl sites for hydroxylation is 1. The van der Waals surface area contributed by atoms with Crippen molar-refractivity contribution in [1.82, 2.24) is 4.31 Å². The fraction of sp³-hybridized carbons (Fsp3) is 0.538. The number of hydrogen-bond donors (Lipinski definition) is 1. The largest absolute Gasteiger partial charge is 0.492 e. The molecule has 0 unspecified atom stereocenters. The number of ether oxygens (including phenoxy) is 2. The van der Waals surface area contributed by atoms with E-state index in [9.17, 15) is 8.42 Å². The first-order chi connectivity index (χ1) is 9.46. The lowest BCUT2D eigenvalue weighted by molar-refractivity contribution is 0.185. The summed E-state index contributed by atoms with van der Waals surface area (Å²) in [4.78, 5) is 0.144. The van der Waals surface area contributed by atoms with Crippen LogP contribution >= 0.6 is 0 Å². The fourth-order valence-corrected chi connectivity index (χ4v) is 3.53. The maximum absolute atomic E-state index is 12.6. The predicted octanol–water partition coefficient (Wildman–Crippen LogP) is 0.861. The lowest BCUT2D eigenvalue weighted by atomic mass is 10.1. The number of nitrogens with two attached hydrogens (primary N) is 1. The summed E-state index contributed by atoms with van der Waals surface area (Å²) < 4.78 is 36.9. The van der Waals surface area contributed by atoms with Gasteiger partial charge in [-0.1, -0.05) is 0 Å². The molecule has 6 nitrogen and oxygen atoms in total. The molecule has 20 heavy (non-hydrogen) atoms. The molecule has 1 aliphatic heterocycles. The minimum atomic E-state index is -3.63. The second kappa shape index (κ2) is 5.99. The molecule has 0 amide bonds. The molecule has 7 heteroatoms. The maximum atomic E-state index is 12.6. The van der Waals surface area contributed by atoms with Crippen LogP contribution in [0, 0.1) is 0 Å². The summed E-state index contributed by atoms with van der Waals surface area (Å²) in [5, 5.41) is 0. The predicted molar refractivity (Wildman–Crippen MR) is 76.4 cm³/mol. The van der Waals surface area contributed by atoms with Crippen molar-refractivity contribution in [2.24, 2.45) is 0 Å². The van der Waals surface area contributed by atoms with Crippen molar-refractivity contribution in [2.45, 2.75) is 17.7 Å². The molecule has 2 rings (SSSR count). The van der Waals surface area contributed by atoms with E-state index in [1.54, 1.807) is 6.07 Å². The Morgan fingerprint density at radius 2 is 2.20 bits per heavy atom. The second-order valence-electron chi connectivity index (χ2n) is 4.78. The average molecular weight is 300 g/mol. The third-order valence-corrected chi connectivity index (χ3v) is 5.15. The van der Waals surface area contributed by atoms with Crippen LogP contribution in [0.3, 0.4) is 0 Å². The third-order valence-electron chi connectivity index (χ3n) is 3.29. The highest BCUT2D eigenvalue weighted by Gasteiger charge is 2.28. The minimum absolute atomic E-state index is 0.144. The molecule has 0 spiro atoms. The number of rotatable bonds is 5. The maximum Gasteiger partial charge on any atom is 0.246 e. The molecular weight excluding hydrogens is 280 g/mol. The van der Waals surface area contributed by atoms with Gasteiger partial charge in [-0.25, -0.2) is 8.42 Å². The van der Waals surface area contributed by atoms with Crippen molar-refractivity contribution >= 4 is 15.7 Å². The summed E-state index contributed by atoms with van der Waals surface area (Å²) in [6.45, 7) is 1.14. The molecule has 1 heterocycles. The zero-order valence-electron chi connectivity index (χ0n) is 11.8. The third kappa shape index (κ3) is 2.89. The number of hydrogen-bond acceptors (Lipinski definition) is 5. The molecule has 0 bridgehead atoms. The number of sulfonamides is 1. The molecule has 1 aromatic rings. The number of benzene rings is 1. The van der Waals surface area contributed by atoms with Gasteiger partial charge in [-0.05, 0) is 30.5 Å². The molecule has 0 aliphatic carbocycles. The van der Waals surface area contributed by atoms with Gasteiger partial charge in [0.15, 0.2) is 0 Å². The van der Waals surface area contributed by atoms with Gasteiger partial charge in [0.2, 0.25) is 10.0 Å². The van der Waals surface area contributed by atoms with Crippen molar-refractivity contribution in [3.8, 4) is 5.75 Å². The summed E-state index contributed by atoms with van der Waals surface area (Å²) in [7, 11) is -0.573. The minimum Gasteiger partial charge on any atom is -0.492 e. The number of methoxy groups -OCH3 is 1. The first-order valence-electron chi connectivity index (χ1n) is 6.47.